The number of rotatable bonds is 1. The van der Waals surface area contributed by atoms with E-state index in [1.165, 1.54) is 6.26 Å². The van der Waals surface area contributed by atoms with Gasteiger partial charge >= 0.3 is 5.35 Å². The minimum absolute atomic E-state index is 0.0106. The molecular formula is C6H3ClN2O2. The molecule has 0 spiro atoms. The Labute approximate surface area is 66.8 Å². The standard InChI is InChI=1S/C6H3ClN2O2/c7-6-8-5(9-11-6)4-2-1-3-10-4/h1-3H. The van der Waals surface area contributed by atoms with E-state index in [2.05, 4.69) is 14.7 Å². The van der Waals surface area contributed by atoms with Crippen LogP contribution in [0.1, 0.15) is 0 Å². The van der Waals surface area contributed by atoms with Crippen molar-refractivity contribution in [1.29, 1.82) is 0 Å². The zero-order chi connectivity index (χ0) is 7.68. The Bertz CT molecular complexity index is 341. The molecule has 0 saturated carbocycles. The summed E-state index contributed by atoms with van der Waals surface area (Å²) >= 11 is 5.40. The number of nitrogens with zero attached hydrogens (tertiary/aromatic N) is 2. The monoisotopic (exact) mass is 170 g/mol. The van der Waals surface area contributed by atoms with Crippen molar-refractivity contribution in [3.05, 3.63) is 23.7 Å². The second kappa shape index (κ2) is 2.39. The molecular weight excluding hydrogens is 168 g/mol. The predicted octanol–water partition coefficient (Wildman–Crippen LogP) is 1.98. The first-order valence-corrected chi connectivity index (χ1v) is 3.27. The molecule has 0 radical (unpaired) electrons. The highest BCUT2D eigenvalue weighted by atomic mass is 35.5. The maximum absolute atomic E-state index is 5.40. The van der Waals surface area contributed by atoms with Gasteiger partial charge in [-0.2, -0.15) is 4.98 Å². The van der Waals surface area contributed by atoms with Crippen molar-refractivity contribution in [1.82, 2.24) is 10.1 Å². The third kappa shape index (κ3) is 1.12. The van der Waals surface area contributed by atoms with Crippen LogP contribution in [0.2, 0.25) is 5.35 Å². The van der Waals surface area contributed by atoms with E-state index in [-0.39, 0.29) is 5.35 Å². The van der Waals surface area contributed by atoms with Crippen molar-refractivity contribution in [2.45, 2.75) is 0 Å². The molecule has 0 atom stereocenters. The maximum atomic E-state index is 5.40. The second-order valence-corrected chi connectivity index (χ2v) is 2.17. The molecule has 0 aromatic carbocycles. The number of aromatic nitrogens is 2. The molecule has 2 rings (SSSR count). The average molecular weight is 171 g/mol. The van der Waals surface area contributed by atoms with E-state index >= 15 is 0 Å². The maximum Gasteiger partial charge on any atom is 0.320 e. The lowest BCUT2D eigenvalue weighted by Crippen LogP contribution is -1.73. The van der Waals surface area contributed by atoms with E-state index in [0.29, 0.717) is 11.6 Å². The van der Waals surface area contributed by atoms with Gasteiger partial charge in [0, 0.05) is 0 Å². The first-order chi connectivity index (χ1) is 5.36. The van der Waals surface area contributed by atoms with Gasteiger partial charge in [-0.15, -0.1) is 0 Å². The minimum atomic E-state index is 0.0106. The largest absolute Gasteiger partial charge is 0.461 e. The van der Waals surface area contributed by atoms with Gasteiger partial charge in [-0.3, -0.25) is 0 Å². The van der Waals surface area contributed by atoms with Gasteiger partial charge in [0.2, 0.25) is 5.82 Å². The summed E-state index contributed by atoms with van der Waals surface area (Å²) in [5.41, 5.74) is 0. The molecule has 56 valence electrons. The fourth-order valence-corrected chi connectivity index (χ4v) is 0.825. The Morgan fingerprint density at radius 3 is 2.91 bits per heavy atom. The van der Waals surface area contributed by atoms with Crippen molar-refractivity contribution in [2.75, 3.05) is 0 Å². The summed E-state index contributed by atoms with van der Waals surface area (Å²) in [4.78, 5) is 3.75. The zero-order valence-electron chi connectivity index (χ0n) is 5.32. The highest BCUT2D eigenvalue weighted by molar-refractivity contribution is 6.27. The topological polar surface area (TPSA) is 52.1 Å². The van der Waals surface area contributed by atoms with Crippen molar-refractivity contribution in [2.24, 2.45) is 0 Å². The van der Waals surface area contributed by atoms with Crippen molar-refractivity contribution in [3.63, 3.8) is 0 Å². The lowest BCUT2D eigenvalue weighted by atomic mass is 10.4. The van der Waals surface area contributed by atoms with Gasteiger partial charge in [0.25, 0.3) is 0 Å². The molecule has 0 unspecified atom stereocenters. The van der Waals surface area contributed by atoms with Gasteiger partial charge < -0.3 is 8.94 Å². The fourth-order valence-electron chi connectivity index (χ4n) is 0.711. The van der Waals surface area contributed by atoms with Gasteiger partial charge in [-0.05, 0) is 23.7 Å². The lowest BCUT2D eigenvalue weighted by Gasteiger charge is -1.80. The summed E-state index contributed by atoms with van der Waals surface area (Å²) in [6.07, 6.45) is 1.53. The highest BCUT2D eigenvalue weighted by Gasteiger charge is 2.07. The molecule has 0 aliphatic heterocycles. The van der Waals surface area contributed by atoms with Crippen LogP contribution in [-0.2, 0) is 0 Å². The molecule has 0 N–H and O–H groups in total. The van der Waals surface area contributed by atoms with Crippen molar-refractivity contribution < 1.29 is 8.94 Å². The van der Waals surface area contributed by atoms with E-state index in [1.54, 1.807) is 12.1 Å². The molecule has 0 saturated heterocycles. The van der Waals surface area contributed by atoms with Crippen LogP contribution in [0.4, 0.5) is 0 Å². The van der Waals surface area contributed by atoms with Crippen LogP contribution >= 0.6 is 11.6 Å². The molecule has 0 bridgehead atoms. The summed E-state index contributed by atoms with van der Waals surface area (Å²) in [6.45, 7) is 0. The Balaban J connectivity index is 2.45. The summed E-state index contributed by atoms with van der Waals surface area (Å²) < 4.78 is 9.52. The average Bonchev–Trinajstić information content (AvgIpc) is 2.55. The lowest BCUT2D eigenvalue weighted by molar-refractivity contribution is 0.418. The molecule has 2 aromatic heterocycles. The van der Waals surface area contributed by atoms with Crippen LogP contribution in [0, 0.1) is 0 Å². The van der Waals surface area contributed by atoms with Crippen LogP contribution < -0.4 is 0 Å². The number of furan rings is 1. The van der Waals surface area contributed by atoms with Gasteiger partial charge in [-0.25, -0.2) is 0 Å². The molecule has 0 amide bonds. The van der Waals surface area contributed by atoms with E-state index in [1.807, 2.05) is 0 Å². The van der Waals surface area contributed by atoms with E-state index in [4.69, 9.17) is 16.0 Å². The SMILES string of the molecule is Clc1nc(-c2ccco2)no1. The molecule has 4 nitrogen and oxygen atoms in total. The summed E-state index contributed by atoms with van der Waals surface area (Å²) in [5.74, 6) is 0.903. The first kappa shape index (κ1) is 6.42. The van der Waals surface area contributed by atoms with Crippen LogP contribution in [0.25, 0.3) is 11.6 Å². The van der Waals surface area contributed by atoms with Crippen LogP contribution in [0.3, 0.4) is 0 Å². The van der Waals surface area contributed by atoms with Gasteiger partial charge in [0.1, 0.15) is 0 Å². The quantitative estimate of drug-likeness (QED) is 0.657. The Kier molecular flexibility index (Phi) is 1.40. The normalized spacial score (nSPS) is 10.3. The molecule has 2 aromatic rings. The molecule has 5 heteroatoms. The Morgan fingerprint density at radius 2 is 2.36 bits per heavy atom. The third-order valence-electron chi connectivity index (χ3n) is 1.14. The number of hydrogen-bond acceptors (Lipinski definition) is 4. The van der Waals surface area contributed by atoms with Crippen LogP contribution in [-0.4, -0.2) is 10.1 Å². The van der Waals surface area contributed by atoms with Gasteiger partial charge in [0.05, 0.1) is 6.26 Å². The molecule has 0 aliphatic rings. The molecule has 0 aliphatic carbocycles. The summed E-state index contributed by atoms with van der Waals surface area (Å²) in [7, 11) is 0. The van der Waals surface area contributed by atoms with Gasteiger partial charge in [0.15, 0.2) is 5.76 Å². The Morgan fingerprint density at radius 1 is 1.45 bits per heavy atom. The van der Waals surface area contributed by atoms with E-state index in [9.17, 15) is 0 Å². The number of hydrogen-bond donors (Lipinski definition) is 0. The predicted molar refractivity (Wildman–Crippen MR) is 37.0 cm³/mol. The van der Waals surface area contributed by atoms with E-state index < -0.39 is 0 Å². The van der Waals surface area contributed by atoms with Gasteiger partial charge in [-0.1, -0.05) is 5.16 Å². The smallest absolute Gasteiger partial charge is 0.320 e. The molecule has 11 heavy (non-hydrogen) atoms. The molecule has 0 fully saturated rings. The first-order valence-electron chi connectivity index (χ1n) is 2.89. The van der Waals surface area contributed by atoms with Crippen LogP contribution in [0.15, 0.2) is 27.3 Å². The zero-order valence-corrected chi connectivity index (χ0v) is 6.08. The Hall–Kier alpha value is -1.29. The van der Waals surface area contributed by atoms with E-state index in [0.717, 1.165) is 0 Å². The van der Waals surface area contributed by atoms with Crippen LogP contribution in [0.5, 0.6) is 0 Å². The minimum Gasteiger partial charge on any atom is -0.461 e. The van der Waals surface area contributed by atoms with Crippen molar-refractivity contribution in [3.8, 4) is 11.6 Å². The summed E-state index contributed by atoms with van der Waals surface area (Å²) in [6, 6.07) is 3.46. The van der Waals surface area contributed by atoms with Crippen molar-refractivity contribution >= 4 is 11.6 Å². The highest BCUT2D eigenvalue weighted by Crippen LogP contribution is 2.17. The fraction of sp³-hybridized carbons (Fsp3) is 0. The molecule has 2 heterocycles. The number of halogens is 1. The third-order valence-corrected chi connectivity index (χ3v) is 1.30. The summed E-state index contributed by atoms with van der Waals surface area (Å²) in [5, 5.41) is 3.56. The second-order valence-electron chi connectivity index (χ2n) is 1.85.